The lowest BCUT2D eigenvalue weighted by molar-refractivity contribution is -0.116. The van der Waals surface area contributed by atoms with Crippen LogP contribution in [0.15, 0.2) is 4.99 Å². The highest BCUT2D eigenvalue weighted by molar-refractivity contribution is 6.38. The maximum atomic E-state index is 11.2. The molecule has 1 fully saturated rings. The fourth-order valence-corrected chi connectivity index (χ4v) is 2.01. The Morgan fingerprint density at radius 3 is 3.00 bits per heavy atom. The predicted octanol–water partition coefficient (Wildman–Crippen LogP) is 0.888. The summed E-state index contributed by atoms with van der Waals surface area (Å²) in [5.41, 5.74) is 0.651. The predicted molar refractivity (Wildman–Crippen MR) is 47.3 cm³/mol. The summed E-state index contributed by atoms with van der Waals surface area (Å²) in [5, 5.41) is 3.00. The summed E-state index contributed by atoms with van der Waals surface area (Å²) in [5.74, 6) is 0.0261. The van der Waals surface area contributed by atoms with Gasteiger partial charge < -0.3 is 5.32 Å². The molecule has 3 nitrogen and oxygen atoms in total. The molecule has 1 saturated carbocycles. The van der Waals surface area contributed by atoms with Gasteiger partial charge in [0.2, 0.25) is 0 Å². The van der Waals surface area contributed by atoms with Crippen molar-refractivity contribution in [1.82, 2.24) is 5.32 Å². The number of rotatable bonds is 0. The molecule has 3 heteroatoms. The molecule has 1 heterocycles. The molecular weight excluding hydrogens is 152 g/mol. The summed E-state index contributed by atoms with van der Waals surface area (Å²) in [7, 11) is 0. The molecule has 1 amide bonds. The van der Waals surface area contributed by atoms with Crippen LogP contribution in [0.3, 0.4) is 0 Å². The van der Waals surface area contributed by atoms with Crippen molar-refractivity contribution in [2.75, 3.05) is 0 Å². The van der Waals surface area contributed by atoms with Gasteiger partial charge in [-0.2, -0.15) is 0 Å². The van der Waals surface area contributed by atoms with E-state index in [1.54, 1.807) is 6.92 Å². The van der Waals surface area contributed by atoms with E-state index in [-0.39, 0.29) is 5.91 Å². The Bertz CT molecular complexity index is 235. The van der Waals surface area contributed by atoms with Gasteiger partial charge in [0.25, 0.3) is 5.91 Å². The fraction of sp³-hybridized carbons (Fsp3) is 0.778. The molecule has 2 rings (SSSR count). The van der Waals surface area contributed by atoms with E-state index < -0.39 is 0 Å². The van der Waals surface area contributed by atoms with E-state index in [1.807, 2.05) is 0 Å². The fourth-order valence-electron chi connectivity index (χ4n) is 2.01. The van der Waals surface area contributed by atoms with Gasteiger partial charge >= 0.3 is 0 Å². The largest absolute Gasteiger partial charge is 0.346 e. The monoisotopic (exact) mass is 166 g/mol. The van der Waals surface area contributed by atoms with Crippen LogP contribution in [0.25, 0.3) is 0 Å². The first kappa shape index (κ1) is 7.77. The van der Waals surface area contributed by atoms with Gasteiger partial charge in [0.1, 0.15) is 0 Å². The van der Waals surface area contributed by atoms with E-state index in [9.17, 15) is 4.79 Å². The number of carbonyl (C=O) groups excluding carboxylic acids is 1. The normalized spacial score (nSPS) is 35.1. The van der Waals surface area contributed by atoms with Gasteiger partial charge in [0.15, 0.2) is 0 Å². The number of carbonyl (C=O) groups is 1. The highest BCUT2D eigenvalue weighted by Gasteiger charge is 2.30. The Morgan fingerprint density at radius 2 is 2.17 bits per heavy atom. The van der Waals surface area contributed by atoms with Crippen molar-refractivity contribution in [2.24, 2.45) is 4.99 Å². The van der Waals surface area contributed by atoms with Crippen LogP contribution in [0.2, 0.25) is 0 Å². The zero-order chi connectivity index (χ0) is 8.55. The van der Waals surface area contributed by atoms with E-state index in [2.05, 4.69) is 10.3 Å². The van der Waals surface area contributed by atoms with Crippen molar-refractivity contribution in [3.63, 3.8) is 0 Å². The second kappa shape index (κ2) is 2.88. The summed E-state index contributed by atoms with van der Waals surface area (Å²) >= 11 is 0. The zero-order valence-corrected chi connectivity index (χ0v) is 7.34. The van der Waals surface area contributed by atoms with Crippen LogP contribution in [-0.4, -0.2) is 23.7 Å². The van der Waals surface area contributed by atoms with E-state index >= 15 is 0 Å². The number of nitrogens with one attached hydrogen (secondary N) is 1. The number of hydrogen-bond acceptors (Lipinski definition) is 2. The van der Waals surface area contributed by atoms with Gasteiger partial charge in [-0.15, -0.1) is 0 Å². The van der Waals surface area contributed by atoms with Crippen molar-refractivity contribution >= 4 is 11.6 Å². The second-order valence-corrected chi connectivity index (χ2v) is 3.65. The minimum absolute atomic E-state index is 0.0261. The third-order valence-electron chi connectivity index (χ3n) is 2.73. The van der Waals surface area contributed by atoms with Gasteiger partial charge in [0.05, 0.1) is 17.8 Å². The van der Waals surface area contributed by atoms with Gasteiger partial charge in [-0.25, -0.2) is 0 Å². The maximum Gasteiger partial charge on any atom is 0.265 e. The zero-order valence-electron chi connectivity index (χ0n) is 7.34. The molecule has 0 spiro atoms. The molecule has 1 aliphatic carbocycles. The van der Waals surface area contributed by atoms with E-state index in [0.717, 1.165) is 12.8 Å². The highest BCUT2D eigenvalue weighted by Crippen LogP contribution is 2.23. The third-order valence-corrected chi connectivity index (χ3v) is 2.73. The van der Waals surface area contributed by atoms with Crippen molar-refractivity contribution in [1.29, 1.82) is 0 Å². The van der Waals surface area contributed by atoms with Crippen LogP contribution >= 0.6 is 0 Å². The van der Waals surface area contributed by atoms with Crippen LogP contribution in [0, 0.1) is 0 Å². The topological polar surface area (TPSA) is 41.5 Å². The summed E-state index contributed by atoms with van der Waals surface area (Å²) in [6.07, 6.45) is 4.74. The Hall–Kier alpha value is -0.860. The van der Waals surface area contributed by atoms with Crippen LogP contribution in [0.4, 0.5) is 0 Å². The van der Waals surface area contributed by atoms with E-state index in [0.29, 0.717) is 17.8 Å². The summed E-state index contributed by atoms with van der Waals surface area (Å²) in [6, 6.07) is 0.700. The molecule has 0 bridgehead atoms. The molecule has 2 aliphatic rings. The first-order valence-corrected chi connectivity index (χ1v) is 4.62. The minimum atomic E-state index is 0.0261. The van der Waals surface area contributed by atoms with Crippen molar-refractivity contribution in [3.8, 4) is 0 Å². The highest BCUT2D eigenvalue weighted by atomic mass is 16.2. The molecular formula is C9H14N2O. The van der Waals surface area contributed by atoms with Crippen LogP contribution in [-0.2, 0) is 4.79 Å². The number of hydrogen-bond donors (Lipinski definition) is 1. The average Bonchev–Trinajstić information content (AvgIpc) is 2.07. The molecule has 0 aromatic heterocycles. The quantitative estimate of drug-likeness (QED) is 0.570. The molecule has 0 aromatic carbocycles. The SMILES string of the molecule is CC1=N[C@@H]2CCCC[C@H]2NC1=O. The number of nitrogens with zero attached hydrogens (tertiary/aromatic N) is 1. The molecule has 1 N–H and O–H groups in total. The minimum Gasteiger partial charge on any atom is -0.346 e. The Labute approximate surface area is 72.3 Å². The number of fused-ring (bicyclic) bond motifs is 1. The molecule has 0 aromatic rings. The average molecular weight is 166 g/mol. The molecule has 12 heavy (non-hydrogen) atoms. The van der Waals surface area contributed by atoms with Crippen molar-refractivity contribution in [3.05, 3.63) is 0 Å². The summed E-state index contributed by atoms with van der Waals surface area (Å²) in [6.45, 7) is 1.79. The first-order valence-electron chi connectivity index (χ1n) is 4.62. The molecule has 0 radical (unpaired) electrons. The number of amides is 1. The van der Waals surface area contributed by atoms with E-state index in [1.165, 1.54) is 12.8 Å². The van der Waals surface area contributed by atoms with Crippen LogP contribution in [0.5, 0.6) is 0 Å². The first-order chi connectivity index (χ1) is 5.77. The second-order valence-electron chi connectivity index (χ2n) is 3.65. The standard InChI is InChI=1S/C9H14N2O/c1-6-9(12)11-8-5-3-2-4-7(8)10-6/h7-8H,2-5H2,1H3,(H,11,12)/t7-,8-/m1/s1. The lowest BCUT2D eigenvalue weighted by Gasteiger charge is -2.33. The Morgan fingerprint density at radius 1 is 1.42 bits per heavy atom. The van der Waals surface area contributed by atoms with Crippen molar-refractivity contribution in [2.45, 2.75) is 44.7 Å². The summed E-state index contributed by atoms with van der Waals surface area (Å²) in [4.78, 5) is 15.6. The van der Waals surface area contributed by atoms with Crippen LogP contribution < -0.4 is 5.32 Å². The lowest BCUT2D eigenvalue weighted by atomic mass is 9.89. The van der Waals surface area contributed by atoms with Gasteiger partial charge in [-0.1, -0.05) is 12.8 Å². The third kappa shape index (κ3) is 1.24. The smallest absolute Gasteiger partial charge is 0.265 e. The lowest BCUT2D eigenvalue weighted by Crippen LogP contribution is -2.50. The van der Waals surface area contributed by atoms with E-state index in [4.69, 9.17) is 0 Å². The summed E-state index contributed by atoms with van der Waals surface area (Å²) < 4.78 is 0. The van der Waals surface area contributed by atoms with Gasteiger partial charge in [0, 0.05) is 0 Å². The molecule has 0 unspecified atom stereocenters. The maximum absolute atomic E-state index is 11.2. The molecule has 1 aliphatic heterocycles. The Balaban J connectivity index is 2.17. The van der Waals surface area contributed by atoms with Crippen molar-refractivity contribution < 1.29 is 4.79 Å². The van der Waals surface area contributed by atoms with Gasteiger partial charge in [-0.3, -0.25) is 9.79 Å². The van der Waals surface area contributed by atoms with Gasteiger partial charge in [-0.05, 0) is 19.8 Å². The number of aliphatic imine (C=N–C) groups is 1. The molecule has 2 atom stereocenters. The molecule has 0 saturated heterocycles. The Kier molecular flexibility index (Phi) is 1.87. The molecule has 66 valence electrons. The van der Waals surface area contributed by atoms with Crippen LogP contribution in [0.1, 0.15) is 32.6 Å².